The van der Waals surface area contributed by atoms with Gasteiger partial charge in [0.2, 0.25) is 0 Å². The molecule has 0 aliphatic heterocycles. The Balaban J connectivity index is 2.00. The maximum atomic E-state index is 12.4. The summed E-state index contributed by atoms with van der Waals surface area (Å²) in [5, 5.41) is 1.84. The van der Waals surface area contributed by atoms with E-state index in [1.54, 1.807) is 0 Å². The molecule has 4 rings (SSSR count). The van der Waals surface area contributed by atoms with Crippen LogP contribution in [-0.4, -0.2) is 10.4 Å². The molecular formula is C22H19BrClNO. The molecule has 0 radical (unpaired) electrons. The van der Waals surface area contributed by atoms with Crippen LogP contribution in [0.2, 0.25) is 5.02 Å². The molecule has 1 aliphatic rings. The molecule has 0 saturated carbocycles. The zero-order valence-corrected chi connectivity index (χ0v) is 17.1. The Kier molecular flexibility index (Phi) is 4.32. The van der Waals surface area contributed by atoms with Crippen LogP contribution in [0, 0.1) is 5.41 Å². The Morgan fingerprint density at radius 1 is 1.08 bits per heavy atom. The van der Waals surface area contributed by atoms with E-state index in [2.05, 4.69) is 52.5 Å². The van der Waals surface area contributed by atoms with E-state index in [0.717, 1.165) is 38.8 Å². The summed E-state index contributed by atoms with van der Waals surface area (Å²) in [7, 11) is 0. The van der Waals surface area contributed by atoms with Gasteiger partial charge in [-0.2, -0.15) is 0 Å². The van der Waals surface area contributed by atoms with E-state index >= 15 is 0 Å². The molecule has 1 heterocycles. The zero-order valence-electron chi connectivity index (χ0n) is 14.7. The number of hydrogen-bond donors (Lipinski definition) is 0. The number of carbonyl (C=O) groups excluding carboxylic acids is 1. The van der Waals surface area contributed by atoms with Crippen LogP contribution in [-0.2, 0) is 4.79 Å². The predicted octanol–water partition coefficient (Wildman–Crippen LogP) is 6.95. The number of fused-ring (bicyclic) bond motifs is 1. The molecule has 4 heteroatoms. The highest BCUT2D eigenvalue weighted by Crippen LogP contribution is 2.41. The van der Waals surface area contributed by atoms with E-state index < -0.39 is 0 Å². The Hall–Kier alpha value is -1.84. The fraction of sp³-hybridized carbons (Fsp3) is 0.227. The third kappa shape index (κ3) is 3.15. The highest BCUT2D eigenvalue weighted by molar-refractivity contribution is 9.10. The van der Waals surface area contributed by atoms with Crippen molar-refractivity contribution >= 4 is 49.9 Å². The van der Waals surface area contributed by atoms with Crippen molar-refractivity contribution in [2.24, 2.45) is 5.41 Å². The van der Waals surface area contributed by atoms with E-state index in [0.29, 0.717) is 11.4 Å². The maximum absolute atomic E-state index is 12.4. The van der Waals surface area contributed by atoms with Crippen LogP contribution >= 0.6 is 27.5 Å². The first-order valence-electron chi connectivity index (χ1n) is 8.64. The molecule has 2 aromatic carbocycles. The number of carbonyl (C=O) groups is 1. The minimum absolute atomic E-state index is 0.0406. The van der Waals surface area contributed by atoms with Gasteiger partial charge in [0, 0.05) is 38.6 Å². The van der Waals surface area contributed by atoms with Crippen molar-refractivity contribution in [2.45, 2.75) is 26.7 Å². The number of aromatic nitrogens is 1. The quantitative estimate of drug-likeness (QED) is 0.432. The first-order chi connectivity index (χ1) is 12.3. The number of nitrogens with zero attached hydrogens (tertiary/aromatic N) is 1. The van der Waals surface area contributed by atoms with Gasteiger partial charge >= 0.3 is 0 Å². The minimum Gasteiger partial charge on any atom is -0.313 e. The maximum Gasteiger partial charge on any atom is 0.157 e. The van der Waals surface area contributed by atoms with E-state index in [4.69, 9.17) is 11.6 Å². The topological polar surface area (TPSA) is 22.0 Å². The predicted molar refractivity (Wildman–Crippen MR) is 112 cm³/mol. The highest BCUT2D eigenvalue weighted by atomic mass is 79.9. The number of benzene rings is 2. The lowest BCUT2D eigenvalue weighted by Crippen LogP contribution is -2.23. The molecule has 2 nitrogen and oxygen atoms in total. The number of allylic oxidation sites excluding steroid dienone is 2. The molecule has 132 valence electrons. The molecule has 26 heavy (non-hydrogen) atoms. The van der Waals surface area contributed by atoms with Crippen molar-refractivity contribution in [3.05, 3.63) is 64.1 Å². The summed E-state index contributed by atoms with van der Waals surface area (Å²) >= 11 is 9.78. The molecule has 0 unspecified atom stereocenters. The number of halogens is 2. The van der Waals surface area contributed by atoms with Crippen molar-refractivity contribution in [1.82, 2.24) is 4.57 Å². The van der Waals surface area contributed by atoms with Crippen LogP contribution in [0.25, 0.3) is 27.9 Å². The molecule has 0 fully saturated rings. The summed E-state index contributed by atoms with van der Waals surface area (Å²) in [6.07, 6.45) is 3.26. The molecule has 0 bridgehead atoms. The number of ketones is 1. The number of para-hydroxylation sites is 1. The average Bonchev–Trinajstić information content (AvgIpc) is 2.92. The van der Waals surface area contributed by atoms with Crippen LogP contribution in [0.4, 0.5) is 0 Å². The van der Waals surface area contributed by atoms with Gasteiger partial charge in [0.15, 0.2) is 5.78 Å². The van der Waals surface area contributed by atoms with E-state index in [1.807, 2.05) is 36.4 Å². The van der Waals surface area contributed by atoms with Crippen molar-refractivity contribution < 1.29 is 4.79 Å². The third-order valence-electron chi connectivity index (χ3n) is 4.85. The summed E-state index contributed by atoms with van der Waals surface area (Å²) in [6, 6.07) is 16.3. The van der Waals surface area contributed by atoms with Crippen molar-refractivity contribution in [3.63, 3.8) is 0 Å². The van der Waals surface area contributed by atoms with Gasteiger partial charge in [0.1, 0.15) is 0 Å². The smallest absolute Gasteiger partial charge is 0.157 e. The molecule has 0 atom stereocenters. The standard InChI is InChI=1S/C22H19BrClNO/c1-22(2)12-16(11-17(26)13-22)25-20-6-4-3-5-14(20)9-21(25)18-8-7-15(24)10-19(18)23/h3-11H,12-13H2,1-2H3. The minimum atomic E-state index is -0.0406. The van der Waals surface area contributed by atoms with Gasteiger partial charge in [-0.05, 0) is 36.1 Å². The lowest BCUT2D eigenvalue weighted by molar-refractivity contribution is -0.116. The summed E-state index contributed by atoms with van der Waals surface area (Å²) in [5.41, 5.74) is 4.24. The van der Waals surface area contributed by atoms with Crippen LogP contribution in [0.15, 0.2) is 59.1 Å². The normalized spacial score (nSPS) is 16.8. The molecule has 0 amide bonds. The number of rotatable bonds is 2. The fourth-order valence-electron chi connectivity index (χ4n) is 3.82. The summed E-state index contributed by atoms with van der Waals surface area (Å²) < 4.78 is 3.17. The Labute approximate surface area is 166 Å². The second-order valence-electron chi connectivity index (χ2n) is 7.67. The van der Waals surface area contributed by atoms with E-state index in [1.165, 1.54) is 0 Å². The first kappa shape index (κ1) is 17.6. The zero-order chi connectivity index (χ0) is 18.5. The third-order valence-corrected chi connectivity index (χ3v) is 5.74. The Morgan fingerprint density at radius 3 is 2.58 bits per heavy atom. The Bertz CT molecular complexity index is 1060. The van der Waals surface area contributed by atoms with Gasteiger partial charge in [-0.1, -0.05) is 65.6 Å². The summed E-state index contributed by atoms with van der Waals surface area (Å²) in [6.45, 7) is 4.31. The average molecular weight is 429 g/mol. The van der Waals surface area contributed by atoms with Crippen LogP contribution in [0.5, 0.6) is 0 Å². The molecule has 0 spiro atoms. The molecule has 1 aliphatic carbocycles. The van der Waals surface area contributed by atoms with Gasteiger partial charge in [-0.15, -0.1) is 0 Å². The van der Waals surface area contributed by atoms with E-state index in [9.17, 15) is 4.79 Å². The molecule has 3 aromatic rings. The fourth-order valence-corrected chi connectivity index (χ4v) is 4.70. The lowest BCUT2D eigenvalue weighted by Gasteiger charge is -2.30. The van der Waals surface area contributed by atoms with Crippen LogP contribution in [0.1, 0.15) is 26.7 Å². The first-order valence-corrected chi connectivity index (χ1v) is 9.81. The van der Waals surface area contributed by atoms with Crippen molar-refractivity contribution in [3.8, 4) is 11.3 Å². The highest BCUT2D eigenvalue weighted by Gasteiger charge is 2.29. The Morgan fingerprint density at radius 2 is 1.85 bits per heavy atom. The van der Waals surface area contributed by atoms with Gasteiger partial charge in [0.05, 0.1) is 11.2 Å². The van der Waals surface area contributed by atoms with Crippen molar-refractivity contribution in [2.75, 3.05) is 0 Å². The van der Waals surface area contributed by atoms with E-state index in [-0.39, 0.29) is 11.2 Å². The molecule has 0 saturated heterocycles. The van der Waals surface area contributed by atoms with Crippen LogP contribution in [0.3, 0.4) is 0 Å². The van der Waals surface area contributed by atoms with Gasteiger partial charge in [-0.3, -0.25) is 4.79 Å². The van der Waals surface area contributed by atoms with Gasteiger partial charge < -0.3 is 4.57 Å². The van der Waals surface area contributed by atoms with Crippen LogP contribution < -0.4 is 0 Å². The van der Waals surface area contributed by atoms with Crippen molar-refractivity contribution in [1.29, 1.82) is 0 Å². The SMILES string of the molecule is CC1(C)CC(=O)C=C(n2c(-c3ccc(Cl)cc3Br)cc3ccccc32)C1. The lowest BCUT2D eigenvalue weighted by atomic mass is 9.78. The molecular weight excluding hydrogens is 410 g/mol. The number of hydrogen-bond acceptors (Lipinski definition) is 1. The molecule has 0 N–H and O–H groups in total. The molecule has 1 aromatic heterocycles. The van der Waals surface area contributed by atoms with Gasteiger partial charge in [0.25, 0.3) is 0 Å². The summed E-state index contributed by atoms with van der Waals surface area (Å²) in [4.78, 5) is 12.4. The van der Waals surface area contributed by atoms with Gasteiger partial charge in [-0.25, -0.2) is 0 Å². The monoisotopic (exact) mass is 427 g/mol. The second-order valence-corrected chi connectivity index (χ2v) is 8.96. The largest absolute Gasteiger partial charge is 0.313 e. The summed E-state index contributed by atoms with van der Waals surface area (Å²) in [5.74, 6) is 0.190. The second kappa shape index (κ2) is 6.40.